The van der Waals surface area contributed by atoms with Crippen LogP contribution in [0.15, 0.2) is 29.3 Å². The van der Waals surface area contributed by atoms with Gasteiger partial charge in [0.25, 0.3) is 11.9 Å². The van der Waals surface area contributed by atoms with Crippen LogP contribution in [-0.4, -0.2) is 55.2 Å². The Bertz CT molecular complexity index is 737. The zero-order valence-electron chi connectivity index (χ0n) is 15.2. The summed E-state index contributed by atoms with van der Waals surface area (Å²) in [6, 6.07) is 6.10. The fraction of sp³-hybridized carbons (Fsp3) is 0.438. The average molecular weight is 393 g/mol. The number of guanidine groups is 1. The van der Waals surface area contributed by atoms with Crippen LogP contribution in [0.3, 0.4) is 0 Å². The Labute approximate surface area is 161 Å². The van der Waals surface area contributed by atoms with Gasteiger partial charge in [0.05, 0.1) is 12.6 Å². The van der Waals surface area contributed by atoms with Crippen molar-refractivity contribution in [3.63, 3.8) is 0 Å². The molecule has 0 aromatic heterocycles. The molecule has 2 rings (SSSR count). The van der Waals surface area contributed by atoms with E-state index < -0.39 is 11.1 Å². The molecule has 0 saturated carbocycles. The van der Waals surface area contributed by atoms with Gasteiger partial charge in [0.2, 0.25) is 5.91 Å². The molecule has 6 N–H and O–H groups in total. The minimum atomic E-state index is -0.807. The van der Waals surface area contributed by atoms with Gasteiger partial charge in [-0.05, 0) is 37.1 Å². The number of nitrogens with one attached hydrogen (secondary N) is 2. The van der Waals surface area contributed by atoms with Crippen LogP contribution in [0.2, 0.25) is 0 Å². The molecule has 0 aliphatic carbocycles. The lowest BCUT2D eigenvalue weighted by molar-refractivity contribution is -0.525. The summed E-state index contributed by atoms with van der Waals surface area (Å²) >= 11 is 0. The first-order valence-electron chi connectivity index (χ1n) is 8.62. The van der Waals surface area contributed by atoms with E-state index in [1.54, 1.807) is 34.6 Å². The third-order valence-electron chi connectivity index (χ3n) is 3.93. The lowest BCUT2D eigenvalue weighted by atomic mass is 10.1. The smallest absolute Gasteiger partial charge is 0.253 e. The number of anilines is 2. The van der Waals surface area contributed by atoms with E-state index in [-0.39, 0.29) is 30.9 Å². The first-order chi connectivity index (χ1) is 13.4. The van der Waals surface area contributed by atoms with Crippen molar-refractivity contribution in [1.29, 1.82) is 0 Å². The van der Waals surface area contributed by atoms with E-state index in [9.17, 15) is 19.7 Å². The highest BCUT2D eigenvalue weighted by atomic mass is 16.7. The average Bonchev–Trinajstić information content (AvgIpc) is 2.65. The molecule has 1 aromatic rings. The molecule has 1 atom stereocenters. The van der Waals surface area contributed by atoms with Gasteiger partial charge in [0.1, 0.15) is 6.61 Å². The lowest BCUT2D eigenvalue weighted by Crippen LogP contribution is -2.41. The molecule has 1 fully saturated rings. The number of carbonyl (C=O) groups excluding carboxylic acids is 2. The maximum Gasteiger partial charge on any atom is 0.253 e. The molecule has 0 unspecified atom stereocenters. The second kappa shape index (κ2) is 10.2. The van der Waals surface area contributed by atoms with Gasteiger partial charge in [0.15, 0.2) is 5.03 Å². The molecule has 1 aliphatic heterocycles. The Morgan fingerprint density at radius 3 is 2.75 bits per heavy atom. The number of aliphatic imine (C=N–C) groups is 1. The van der Waals surface area contributed by atoms with Crippen LogP contribution >= 0.6 is 0 Å². The standard InChI is InChI=1S/C16H23N7O5/c17-13(2-1-7-19-16(18)21-23(26)27)15(25)20-11-3-5-12(6-4-11)22-8-9-28-10-14(22)24/h3-6,13H,1-2,7-10,17H2,(H,20,25)(H3,18,19,21)/t13-/m0/s1. The summed E-state index contributed by atoms with van der Waals surface area (Å²) in [5, 5.41) is 12.1. The minimum Gasteiger partial charge on any atom is -0.370 e. The molecule has 2 amide bonds. The van der Waals surface area contributed by atoms with Gasteiger partial charge in [-0.1, -0.05) is 5.43 Å². The van der Waals surface area contributed by atoms with E-state index in [1.165, 1.54) is 0 Å². The SMILES string of the molecule is NC(=NCCC[C@H](N)C(=O)Nc1ccc(N2CCOCC2=O)cc1)N[N+](=O)[O-]. The maximum atomic E-state index is 12.1. The number of nitrogens with zero attached hydrogens (tertiary/aromatic N) is 3. The van der Waals surface area contributed by atoms with Crippen molar-refractivity contribution in [1.82, 2.24) is 5.43 Å². The third-order valence-corrected chi connectivity index (χ3v) is 3.93. The van der Waals surface area contributed by atoms with E-state index in [0.717, 1.165) is 5.69 Å². The number of morpholine rings is 1. The number of carbonyl (C=O) groups is 2. The highest BCUT2D eigenvalue weighted by molar-refractivity contribution is 5.96. The van der Waals surface area contributed by atoms with Gasteiger partial charge < -0.3 is 26.4 Å². The molecule has 1 aromatic carbocycles. The summed E-state index contributed by atoms with van der Waals surface area (Å²) in [5.41, 5.74) is 14.1. The fourth-order valence-electron chi connectivity index (χ4n) is 2.52. The van der Waals surface area contributed by atoms with Gasteiger partial charge in [-0.3, -0.25) is 9.59 Å². The molecule has 152 valence electrons. The largest absolute Gasteiger partial charge is 0.370 e. The van der Waals surface area contributed by atoms with Gasteiger partial charge in [-0.25, -0.2) is 15.1 Å². The number of ether oxygens (including phenoxy) is 1. The molecule has 1 saturated heterocycles. The van der Waals surface area contributed by atoms with Gasteiger partial charge in [-0.2, -0.15) is 0 Å². The van der Waals surface area contributed by atoms with Crippen LogP contribution in [0.25, 0.3) is 0 Å². The van der Waals surface area contributed by atoms with Gasteiger partial charge in [0, 0.05) is 24.5 Å². The molecular weight excluding hydrogens is 370 g/mol. The van der Waals surface area contributed by atoms with E-state index >= 15 is 0 Å². The summed E-state index contributed by atoms with van der Waals surface area (Å²) in [6.07, 6.45) is 0.772. The minimum absolute atomic E-state index is 0.0606. The van der Waals surface area contributed by atoms with Crippen molar-refractivity contribution in [3.8, 4) is 0 Å². The molecule has 0 radical (unpaired) electrons. The first-order valence-corrected chi connectivity index (χ1v) is 8.62. The van der Waals surface area contributed by atoms with Crippen molar-refractivity contribution >= 4 is 29.1 Å². The second-order valence-electron chi connectivity index (χ2n) is 6.02. The number of benzene rings is 1. The summed E-state index contributed by atoms with van der Waals surface area (Å²) < 4.78 is 5.10. The molecule has 12 heteroatoms. The van der Waals surface area contributed by atoms with Crippen molar-refractivity contribution in [2.45, 2.75) is 18.9 Å². The highest BCUT2D eigenvalue weighted by Crippen LogP contribution is 2.19. The Morgan fingerprint density at radius 2 is 2.11 bits per heavy atom. The van der Waals surface area contributed by atoms with Gasteiger partial charge in [-0.15, -0.1) is 0 Å². The van der Waals surface area contributed by atoms with Gasteiger partial charge >= 0.3 is 0 Å². The normalized spacial score (nSPS) is 15.8. The number of rotatable bonds is 8. The number of nitrogens with two attached hydrogens (primary N) is 2. The Morgan fingerprint density at radius 1 is 1.39 bits per heavy atom. The Balaban J connectivity index is 1.78. The molecular formula is C16H23N7O5. The Hall–Kier alpha value is -3.25. The number of hydrogen-bond donors (Lipinski definition) is 4. The van der Waals surface area contributed by atoms with E-state index in [2.05, 4.69) is 10.3 Å². The monoisotopic (exact) mass is 393 g/mol. The summed E-state index contributed by atoms with van der Waals surface area (Å²) in [4.78, 5) is 39.5. The topological polar surface area (TPSA) is 178 Å². The number of amides is 2. The molecule has 1 heterocycles. The van der Waals surface area contributed by atoms with Crippen LogP contribution < -0.4 is 27.1 Å². The molecule has 28 heavy (non-hydrogen) atoms. The van der Waals surface area contributed by atoms with E-state index in [0.29, 0.717) is 31.7 Å². The van der Waals surface area contributed by atoms with Crippen molar-refractivity contribution in [2.75, 3.05) is 36.5 Å². The Kier molecular flexibility index (Phi) is 7.65. The maximum absolute atomic E-state index is 12.1. The van der Waals surface area contributed by atoms with Crippen molar-refractivity contribution < 1.29 is 19.4 Å². The summed E-state index contributed by atoms with van der Waals surface area (Å²) in [5.74, 6) is -0.779. The molecule has 12 nitrogen and oxygen atoms in total. The lowest BCUT2D eigenvalue weighted by Gasteiger charge is -2.27. The zero-order chi connectivity index (χ0) is 20.5. The van der Waals surface area contributed by atoms with E-state index in [1.807, 2.05) is 0 Å². The fourth-order valence-corrected chi connectivity index (χ4v) is 2.52. The van der Waals surface area contributed by atoms with Crippen LogP contribution in [0, 0.1) is 10.1 Å². The van der Waals surface area contributed by atoms with Crippen LogP contribution in [0.5, 0.6) is 0 Å². The molecule has 0 bridgehead atoms. The van der Waals surface area contributed by atoms with Crippen LogP contribution in [-0.2, 0) is 14.3 Å². The molecule has 0 spiro atoms. The van der Waals surface area contributed by atoms with Crippen molar-refractivity contribution in [3.05, 3.63) is 34.4 Å². The van der Waals surface area contributed by atoms with E-state index in [4.69, 9.17) is 16.2 Å². The number of hydrogen-bond acceptors (Lipinski definition) is 7. The second-order valence-corrected chi connectivity index (χ2v) is 6.02. The third kappa shape index (κ3) is 6.48. The summed E-state index contributed by atoms with van der Waals surface area (Å²) in [7, 11) is 0. The predicted octanol–water partition coefficient (Wildman–Crippen LogP) is -0.808. The van der Waals surface area contributed by atoms with Crippen molar-refractivity contribution in [2.24, 2.45) is 16.5 Å². The highest BCUT2D eigenvalue weighted by Gasteiger charge is 2.20. The quantitative estimate of drug-likeness (QED) is 0.146. The zero-order valence-corrected chi connectivity index (χ0v) is 15.2. The first kappa shape index (κ1) is 21.1. The summed E-state index contributed by atoms with van der Waals surface area (Å²) in [6.45, 7) is 1.23. The number of nitro groups is 1. The predicted molar refractivity (Wildman–Crippen MR) is 102 cm³/mol. The number of hydrazine groups is 1. The van der Waals surface area contributed by atoms with Crippen LogP contribution in [0.1, 0.15) is 12.8 Å². The van der Waals surface area contributed by atoms with Crippen LogP contribution in [0.4, 0.5) is 11.4 Å². The molecule has 1 aliphatic rings.